The molecule has 0 aromatic carbocycles. The van der Waals surface area contributed by atoms with E-state index in [2.05, 4.69) is 136 Å². The topological polar surface area (TPSA) is 761 Å². The van der Waals surface area contributed by atoms with Crippen molar-refractivity contribution in [2.24, 2.45) is 11.5 Å². The smallest absolute Gasteiger partial charge is 0.338 e. The second-order valence-electron chi connectivity index (χ2n) is 10.5. The van der Waals surface area contributed by atoms with Crippen LogP contribution >= 0.6 is 123 Å². The summed E-state index contributed by atoms with van der Waals surface area (Å²) in [5, 5.41) is 2.14. The molecule has 0 aromatic rings. The molecule has 0 aliphatic rings. The number of halogens is 3. The molecule has 0 amide bonds. The molecular weight excluding hydrogens is 1640 g/mol. The molecule has 6 unspecified atom stereocenters. The van der Waals surface area contributed by atoms with Gasteiger partial charge in [-0.2, -0.15) is 25.6 Å². The zero-order valence-corrected chi connectivity index (χ0v) is 65.4. The number of alkyl halides is 2. The molecule has 0 heterocycles. The lowest BCUT2D eigenvalue weighted by Gasteiger charge is -2.01. The molecule has 6 atom stereocenters. The molecule has 88 heavy (non-hydrogen) atoms. The van der Waals surface area contributed by atoms with Gasteiger partial charge in [-0.1, -0.05) is 19.2 Å². The highest BCUT2D eigenvalue weighted by Crippen LogP contribution is 2.46. The molecular formula is C20H80ClF2N3O43P12S7+2. The summed E-state index contributed by atoms with van der Waals surface area (Å²) in [5.74, 6) is -0.201. The third-order valence-corrected chi connectivity index (χ3v) is 15.1. The maximum atomic E-state index is 10.2. The van der Waals surface area contributed by atoms with Crippen LogP contribution in [0.25, 0.3) is 0 Å². The van der Waals surface area contributed by atoms with E-state index in [4.69, 9.17) is 93.1 Å². The number of hydrogen-bond acceptors (Lipinski definition) is 30. The molecule has 0 aromatic heterocycles. The van der Waals surface area contributed by atoms with E-state index in [1.54, 1.807) is 0 Å². The summed E-state index contributed by atoms with van der Waals surface area (Å²) in [5.41, 5.74) is 5.94. The van der Waals surface area contributed by atoms with Crippen LogP contribution in [0, 0.1) is 0 Å². The lowest BCUT2D eigenvalue weighted by atomic mass is 11.0. The monoisotopic (exact) mass is 1720 g/mol. The van der Waals surface area contributed by atoms with Crippen molar-refractivity contribution in [3.05, 3.63) is 0 Å². The molecule has 0 saturated heterocycles. The average Bonchev–Trinajstić information content (AvgIpc) is 3.36. The summed E-state index contributed by atoms with van der Waals surface area (Å²) in [7, 11) is -19.2. The first-order valence-corrected chi connectivity index (χ1v) is 47.0. The van der Waals surface area contributed by atoms with Crippen molar-refractivity contribution in [1.82, 2.24) is 5.09 Å². The van der Waals surface area contributed by atoms with Crippen LogP contribution in [0.1, 0.15) is 13.8 Å². The van der Waals surface area contributed by atoms with Crippen molar-refractivity contribution >= 4 is 179 Å². The lowest BCUT2D eigenvalue weighted by molar-refractivity contribution is 0.157. The summed E-state index contributed by atoms with van der Waals surface area (Å²) >= 11 is 23.9. The first kappa shape index (κ1) is 128. The minimum absolute atomic E-state index is 0.0625. The second-order valence-corrected chi connectivity index (χ2v) is 40.1. The van der Waals surface area contributed by atoms with Crippen LogP contribution in [0.4, 0.5) is 8.78 Å². The standard InChI is InChI=1S/C2H8NO3P.C2H7O4P.2C2H7O3P.C2H6O3S.CH4ClO3P.CH3F2N.CH6NO2PS.2CH5O4P.CH4O4S.CH5O3PS.CH3O3P.CH5O2PS2.CH3O2PS/c1-6-7(4,5)2-3;1-5-7(3,4)6-2;1-5-6(2,3)4;2*1-2-6(3,4)5;1-5-6(2,3)4;2-1(3)4;1-2-5(3,4)6;3*1-5-6(2,3)4;1-4-5(2,3)6;1-4-5(2)3;1-3-4(2,5)6;1-3-4(2)5/h2-3H2,1H3,(H,4,5);1-2H3,(H,3,4);1-2H3,(H,3,4);2H2,1H3,(H2,3,4,5);2H2,1H3,(H,3,4,5);1H3,(H,3,4);1H,4H2;1H3,(H3,2,3,4,6);2*1H3,(H2,2,3,4);1H3,(H,2,3,4);1H3,(H2,2,3,6);1H3;1H3,(H2,2,5,6);1H3/p+2. The number of hydrogen-bond donors (Lipinski definition) is 23. The van der Waals surface area contributed by atoms with Gasteiger partial charge < -0.3 is 102 Å². The maximum absolute atomic E-state index is 10.2. The molecule has 23 N–H and O–H groups in total. The number of thiol groups is 2. The second kappa shape index (κ2) is 71.5. The minimum atomic E-state index is -4.16. The van der Waals surface area contributed by atoms with Gasteiger partial charge in [-0.3, -0.25) is 50.8 Å². The normalized spacial score (nSPS) is 13.8. The highest BCUT2D eigenvalue weighted by atomic mass is 35.7. The van der Waals surface area contributed by atoms with E-state index >= 15 is 0 Å². The third kappa shape index (κ3) is 287. The summed E-state index contributed by atoms with van der Waals surface area (Å²) in [6.07, 6.45) is -0.378. The van der Waals surface area contributed by atoms with Crippen LogP contribution in [0.5, 0.6) is 0 Å². The van der Waals surface area contributed by atoms with E-state index in [0.717, 1.165) is 63.5 Å². The first-order valence-electron chi connectivity index (χ1n) is 18.7. The van der Waals surface area contributed by atoms with Crippen molar-refractivity contribution in [2.75, 3.05) is 117 Å². The Morgan fingerprint density at radius 1 is 0.602 bits per heavy atom. The molecule has 554 valence electrons. The Morgan fingerprint density at radius 3 is 0.784 bits per heavy atom. The first-order chi connectivity index (χ1) is 38.1. The molecule has 0 aliphatic carbocycles. The molecule has 0 fully saturated rings. The molecule has 0 aliphatic heterocycles. The lowest BCUT2D eigenvalue weighted by Crippen LogP contribution is -2.02. The van der Waals surface area contributed by atoms with E-state index in [1.807, 2.05) is 0 Å². The molecule has 0 rings (SSSR count). The zero-order valence-electron chi connectivity index (χ0n) is 48.0. The van der Waals surface area contributed by atoms with Crippen LogP contribution in [-0.4, -0.2) is 228 Å². The van der Waals surface area contributed by atoms with Gasteiger partial charge in [0.15, 0.2) is 0 Å². The Bertz CT molecular complexity index is 2020. The van der Waals surface area contributed by atoms with Gasteiger partial charge in [-0.15, -0.1) is 13.9 Å². The molecule has 0 radical (unpaired) electrons. The van der Waals surface area contributed by atoms with Crippen molar-refractivity contribution in [3.63, 3.8) is 0 Å². The van der Waals surface area contributed by atoms with Crippen molar-refractivity contribution in [3.8, 4) is 0 Å². The van der Waals surface area contributed by atoms with Gasteiger partial charge >= 0.3 is 85.8 Å². The summed E-state index contributed by atoms with van der Waals surface area (Å²) in [4.78, 5) is 128. The third-order valence-electron chi connectivity index (χ3n) is 4.08. The molecule has 68 heteroatoms. The Balaban J connectivity index is -0.0000000500. The van der Waals surface area contributed by atoms with Crippen molar-refractivity contribution in [1.29, 1.82) is 0 Å². The van der Waals surface area contributed by atoms with Crippen LogP contribution < -0.4 is 16.6 Å². The molecule has 0 spiro atoms. The van der Waals surface area contributed by atoms with E-state index in [1.165, 1.54) is 49.3 Å². The van der Waals surface area contributed by atoms with Crippen LogP contribution in [0.3, 0.4) is 0 Å². The van der Waals surface area contributed by atoms with E-state index in [-0.39, 0.29) is 18.2 Å². The highest BCUT2D eigenvalue weighted by Gasteiger charge is 2.14. The predicted octanol–water partition coefficient (Wildman–Crippen LogP) is 2.21. The fourth-order valence-corrected chi connectivity index (χ4v) is 0.447. The van der Waals surface area contributed by atoms with E-state index < -0.39 is 115 Å². The Morgan fingerprint density at radius 2 is 0.784 bits per heavy atom. The van der Waals surface area contributed by atoms with Crippen LogP contribution in [0.15, 0.2) is 0 Å². The Hall–Kier alpha value is 3.19. The van der Waals surface area contributed by atoms with Gasteiger partial charge in [0.2, 0.25) is 5.69 Å². The summed E-state index contributed by atoms with van der Waals surface area (Å²) in [6.45, 7) is -8.77. The number of phosphoric ester groups is 3. The summed E-state index contributed by atoms with van der Waals surface area (Å²) in [6, 6.07) is 0. The molecule has 0 bridgehead atoms. The predicted molar refractivity (Wildman–Crippen MR) is 333 cm³/mol. The number of phosphoric acid groups is 3. The Labute approximate surface area is 538 Å². The van der Waals surface area contributed by atoms with Crippen LogP contribution in [-0.2, 0) is 151 Å². The quantitative estimate of drug-likeness (QED) is 0.0456. The zero-order chi connectivity index (χ0) is 76.0. The van der Waals surface area contributed by atoms with Crippen molar-refractivity contribution in [2.45, 2.75) is 20.4 Å². The fraction of sp³-hybridized carbons (Fsp3) is 1.00. The van der Waals surface area contributed by atoms with Gasteiger partial charge in [0.05, 0.1) is 33.4 Å². The fourth-order valence-electron chi connectivity index (χ4n) is 0.149. The van der Waals surface area contributed by atoms with Gasteiger partial charge in [-0.25, -0.2) is 23.3 Å². The van der Waals surface area contributed by atoms with Crippen LogP contribution in [0.2, 0.25) is 0 Å². The highest BCUT2D eigenvalue weighted by molar-refractivity contribution is 8.59. The molecule has 46 nitrogen and oxygen atoms in total. The average molecular weight is 1720 g/mol. The van der Waals surface area contributed by atoms with Gasteiger partial charge in [0.25, 0.3) is 23.3 Å². The minimum Gasteiger partial charge on any atom is -0.338 e. The van der Waals surface area contributed by atoms with Crippen molar-refractivity contribution < 1.29 is 208 Å². The summed E-state index contributed by atoms with van der Waals surface area (Å²) < 4.78 is 207. The Kier molecular flexibility index (Phi) is 104. The van der Waals surface area contributed by atoms with Gasteiger partial charge in [-0.05, 0) is 54.0 Å². The van der Waals surface area contributed by atoms with Gasteiger partial charge in [0.1, 0.15) is 12.2 Å². The molecule has 0 saturated carbocycles. The van der Waals surface area contributed by atoms with E-state index in [0.29, 0.717) is 0 Å². The number of nitrogens with two attached hydrogens (primary N) is 2. The van der Waals surface area contributed by atoms with Gasteiger partial charge in [0, 0.05) is 92.6 Å². The number of rotatable bonds is 16. The number of nitrogens with one attached hydrogen (secondary N) is 1. The SMILES string of the molecule is CCP(=O)(O)O.CCS(=O)(=O)O.CNP(O)(O)=S.COP(=O)(O)CN.COP(=O)(O)Cl.COP(=O)(O)O.COP(=O)(O)O.COP(=O)(O)OC.COP(C)(=O)O.COP(O)(=S)S.COP(O)(O)=S.COS(=O)(=O)O.CO[P+](=O)O.CO[P+](=O)S.NC(F)F. The van der Waals surface area contributed by atoms with E-state index in [9.17, 15) is 66.7 Å². The maximum Gasteiger partial charge on any atom is 0.694 e. The largest absolute Gasteiger partial charge is 0.694 e.